The zero-order chi connectivity index (χ0) is 18.4. The molecule has 24 heavy (non-hydrogen) atoms. The molecule has 0 bridgehead atoms. The highest BCUT2D eigenvalue weighted by atomic mass is 32.2. The Labute approximate surface area is 139 Å². The average Bonchev–Trinajstić information content (AvgIpc) is 2.47. The zero-order valence-corrected chi connectivity index (χ0v) is 14.4. The molecule has 0 atom stereocenters. The SMILES string of the molecule is CCN(CC)C(=O)CCNS(=O)(=O)Cc1cccc(C(F)(F)F)c1. The lowest BCUT2D eigenvalue weighted by Crippen LogP contribution is -2.34. The Morgan fingerprint density at radius 3 is 2.38 bits per heavy atom. The molecule has 0 heterocycles. The van der Waals surface area contributed by atoms with Crippen LogP contribution in [0.4, 0.5) is 13.2 Å². The van der Waals surface area contributed by atoms with Crippen LogP contribution in [0, 0.1) is 0 Å². The van der Waals surface area contributed by atoms with E-state index in [1.165, 1.54) is 6.07 Å². The first-order valence-corrected chi connectivity index (χ1v) is 9.15. The normalized spacial score (nSPS) is 12.2. The standard InChI is InChI=1S/C15H21F3N2O3S/c1-3-20(4-2)14(21)8-9-19-24(22,23)11-12-6-5-7-13(10-12)15(16,17)18/h5-7,10,19H,3-4,8-9,11H2,1-2H3. The summed E-state index contributed by atoms with van der Waals surface area (Å²) < 4.78 is 64.0. The number of nitrogens with zero attached hydrogens (tertiary/aromatic N) is 1. The van der Waals surface area contributed by atoms with Gasteiger partial charge in [-0.2, -0.15) is 13.2 Å². The van der Waals surface area contributed by atoms with E-state index in [-0.39, 0.29) is 24.4 Å². The van der Waals surface area contributed by atoms with Crippen LogP contribution in [0.3, 0.4) is 0 Å². The van der Waals surface area contributed by atoms with E-state index >= 15 is 0 Å². The molecule has 0 aliphatic carbocycles. The third-order valence-corrected chi connectivity index (χ3v) is 4.75. The van der Waals surface area contributed by atoms with E-state index in [0.717, 1.165) is 18.2 Å². The minimum Gasteiger partial charge on any atom is -0.343 e. The molecule has 0 radical (unpaired) electrons. The molecule has 9 heteroatoms. The fourth-order valence-electron chi connectivity index (χ4n) is 2.16. The first kappa shape index (κ1) is 20.4. The van der Waals surface area contributed by atoms with Gasteiger partial charge in [-0.15, -0.1) is 0 Å². The second-order valence-electron chi connectivity index (χ2n) is 5.17. The molecule has 0 aliphatic heterocycles. The van der Waals surface area contributed by atoms with Gasteiger partial charge >= 0.3 is 6.18 Å². The van der Waals surface area contributed by atoms with Gasteiger partial charge in [0.1, 0.15) is 0 Å². The molecule has 1 aromatic carbocycles. The lowest BCUT2D eigenvalue weighted by molar-refractivity contribution is -0.137. The van der Waals surface area contributed by atoms with Crippen LogP contribution in [-0.4, -0.2) is 38.9 Å². The molecular formula is C15H21F3N2O3S. The number of benzene rings is 1. The van der Waals surface area contributed by atoms with Crippen molar-refractivity contribution in [3.63, 3.8) is 0 Å². The Morgan fingerprint density at radius 2 is 1.83 bits per heavy atom. The number of carbonyl (C=O) groups is 1. The van der Waals surface area contributed by atoms with Crippen molar-refractivity contribution in [1.29, 1.82) is 0 Å². The van der Waals surface area contributed by atoms with Gasteiger partial charge in [0.05, 0.1) is 11.3 Å². The topological polar surface area (TPSA) is 66.5 Å². The Kier molecular flexibility index (Phi) is 7.22. The quantitative estimate of drug-likeness (QED) is 0.768. The van der Waals surface area contributed by atoms with Gasteiger partial charge in [-0.1, -0.05) is 18.2 Å². The molecule has 0 fully saturated rings. The Bertz CT molecular complexity index is 656. The molecule has 0 unspecified atom stereocenters. The Morgan fingerprint density at radius 1 is 1.21 bits per heavy atom. The van der Waals surface area contributed by atoms with E-state index < -0.39 is 27.5 Å². The van der Waals surface area contributed by atoms with E-state index in [4.69, 9.17) is 0 Å². The average molecular weight is 366 g/mol. The lowest BCUT2D eigenvalue weighted by Gasteiger charge is -2.18. The molecule has 5 nitrogen and oxygen atoms in total. The Hall–Kier alpha value is -1.61. The minimum atomic E-state index is -4.52. The number of halogens is 3. The van der Waals surface area contributed by atoms with Crippen molar-refractivity contribution in [2.45, 2.75) is 32.2 Å². The molecule has 1 N–H and O–H groups in total. The molecule has 0 spiro atoms. The molecule has 1 aromatic rings. The van der Waals surface area contributed by atoms with Gasteiger partial charge in [-0.05, 0) is 25.5 Å². The van der Waals surface area contributed by atoms with Crippen molar-refractivity contribution in [3.05, 3.63) is 35.4 Å². The summed E-state index contributed by atoms with van der Waals surface area (Å²) in [4.78, 5) is 13.3. The van der Waals surface area contributed by atoms with Crippen LogP contribution in [0.2, 0.25) is 0 Å². The van der Waals surface area contributed by atoms with Crippen molar-refractivity contribution < 1.29 is 26.4 Å². The molecule has 1 rings (SSSR count). The number of nitrogens with one attached hydrogen (secondary N) is 1. The van der Waals surface area contributed by atoms with Gasteiger partial charge in [0, 0.05) is 26.1 Å². The number of amides is 1. The van der Waals surface area contributed by atoms with Crippen LogP contribution in [0.1, 0.15) is 31.4 Å². The first-order chi connectivity index (χ1) is 11.1. The second-order valence-corrected chi connectivity index (χ2v) is 6.97. The first-order valence-electron chi connectivity index (χ1n) is 7.50. The largest absolute Gasteiger partial charge is 0.416 e. The maximum Gasteiger partial charge on any atom is 0.416 e. The predicted molar refractivity (Wildman–Crippen MR) is 84.6 cm³/mol. The third-order valence-electron chi connectivity index (χ3n) is 3.39. The number of hydrogen-bond donors (Lipinski definition) is 1. The van der Waals surface area contributed by atoms with Crippen molar-refractivity contribution in [2.75, 3.05) is 19.6 Å². The van der Waals surface area contributed by atoms with Gasteiger partial charge in [-0.25, -0.2) is 13.1 Å². The van der Waals surface area contributed by atoms with E-state index in [1.807, 2.05) is 13.8 Å². The van der Waals surface area contributed by atoms with E-state index in [1.54, 1.807) is 4.90 Å². The summed E-state index contributed by atoms with van der Waals surface area (Å²) in [6.45, 7) is 4.62. The summed E-state index contributed by atoms with van der Waals surface area (Å²) in [6.07, 6.45) is -4.52. The predicted octanol–water partition coefficient (Wildman–Crippen LogP) is 2.38. The van der Waals surface area contributed by atoms with E-state index in [2.05, 4.69) is 4.72 Å². The van der Waals surface area contributed by atoms with Gasteiger partial charge in [-0.3, -0.25) is 4.79 Å². The monoisotopic (exact) mass is 366 g/mol. The fraction of sp³-hybridized carbons (Fsp3) is 0.533. The number of rotatable bonds is 8. The van der Waals surface area contributed by atoms with Crippen LogP contribution < -0.4 is 4.72 Å². The zero-order valence-electron chi connectivity index (χ0n) is 13.6. The molecular weight excluding hydrogens is 345 g/mol. The molecule has 1 amide bonds. The number of hydrogen-bond acceptors (Lipinski definition) is 3. The van der Waals surface area contributed by atoms with Crippen LogP contribution in [-0.2, 0) is 26.7 Å². The van der Waals surface area contributed by atoms with Crippen molar-refractivity contribution >= 4 is 15.9 Å². The van der Waals surface area contributed by atoms with Crippen LogP contribution in [0.5, 0.6) is 0 Å². The number of alkyl halides is 3. The van der Waals surface area contributed by atoms with Crippen LogP contribution in [0.15, 0.2) is 24.3 Å². The van der Waals surface area contributed by atoms with E-state index in [9.17, 15) is 26.4 Å². The Balaban J connectivity index is 2.63. The van der Waals surface area contributed by atoms with Crippen LogP contribution in [0.25, 0.3) is 0 Å². The molecule has 0 aliphatic rings. The summed E-state index contributed by atoms with van der Waals surface area (Å²) in [5, 5.41) is 0. The smallest absolute Gasteiger partial charge is 0.343 e. The van der Waals surface area contributed by atoms with Crippen molar-refractivity contribution in [3.8, 4) is 0 Å². The minimum absolute atomic E-state index is 0.00347. The fourth-order valence-corrected chi connectivity index (χ4v) is 3.29. The summed E-state index contributed by atoms with van der Waals surface area (Å²) in [5.74, 6) is -0.752. The molecule has 0 aromatic heterocycles. The molecule has 136 valence electrons. The summed E-state index contributed by atoms with van der Waals surface area (Å²) in [7, 11) is -3.82. The lowest BCUT2D eigenvalue weighted by atomic mass is 10.1. The summed E-state index contributed by atoms with van der Waals surface area (Å²) >= 11 is 0. The highest BCUT2D eigenvalue weighted by Crippen LogP contribution is 2.29. The summed E-state index contributed by atoms with van der Waals surface area (Å²) in [5.41, 5.74) is -0.862. The molecule has 0 saturated heterocycles. The van der Waals surface area contributed by atoms with Gasteiger partial charge in [0.25, 0.3) is 0 Å². The number of sulfonamides is 1. The summed E-state index contributed by atoms with van der Waals surface area (Å²) in [6, 6.07) is 4.17. The third kappa shape index (κ3) is 6.48. The second kappa shape index (κ2) is 8.48. The highest BCUT2D eigenvalue weighted by molar-refractivity contribution is 7.88. The van der Waals surface area contributed by atoms with Crippen molar-refractivity contribution in [2.24, 2.45) is 0 Å². The van der Waals surface area contributed by atoms with Crippen LogP contribution >= 0.6 is 0 Å². The maximum atomic E-state index is 12.6. The van der Waals surface area contributed by atoms with Gasteiger partial charge in [0.2, 0.25) is 15.9 Å². The van der Waals surface area contributed by atoms with E-state index in [0.29, 0.717) is 13.1 Å². The molecule has 0 saturated carbocycles. The van der Waals surface area contributed by atoms with Gasteiger partial charge < -0.3 is 4.90 Å². The van der Waals surface area contributed by atoms with Crippen molar-refractivity contribution in [1.82, 2.24) is 9.62 Å². The number of carbonyl (C=O) groups excluding carboxylic acids is 1. The maximum absolute atomic E-state index is 12.6. The highest BCUT2D eigenvalue weighted by Gasteiger charge is 2.30. The van der Waals surface area contributed by atoms with Gasteiger partial charge in [0.15, 0.2) is 0 Å².